The summed E-state index contributed by atoms with van der Waals surface area (Å²) in [5, 5.41) is 11.4. The van der Waals surface area contributed by atoms with Crippen molar-refractivity contribution in [1.29, 1.82) is 0 Å². The van der Waals surface area contributed by atoms with Gasteiger partial charge in [0.15, 0.2) is 0 Å². The van der Waals surface area contributed by atoms with Crippen LogP contribution in [-0.2, 0) is 5.60 Å². The number of hydrogen-bond acceptors (Lipinski definition) is 1. The minimum atomic E-state index is -0.769. The maximum absolute atomic E-state index is 10.3. The molecule has 1 fully saturated rings. The molecule has 1 aromatic carbocycles. The summed E-state index contributed by atoms with van der Waals surface area (Å²) in [6, 6.07) is 9.02. The first-order valence-electron chi connectivity index (χ1n) is 6.40. The van der Waals surface area contributed by atoms with Crippen molar-refractivity contribution in [3.63, 3.8) is 0 Å². The zero-order valence-corrected chi connectivity index (χ0v) is 10.5. The van der Waals surface area contributed by atoms with Crippen molar-refractivity contribution in [3.05, 3.63) is 36.0 Å². The summed E-state index contributed by atoms with van der Waals surface area (Å²) in [6.07, 6.45) is 6.01. The topological polar surface area (TPSA) is 25.2 Å². The Hall–Kier alpha value is -1.28. The summed E-state index contributed by atoms with van der Waals surface area (Å²) in [5.74, 6) is 0. The van der Waals surface area contributed by atoms with E-state index < -0.39 is 5.60 Å². The van der Waals surface area contributed by atoms with Crippen molar-refractivity contribution >= 4 is 10.9 Å². The number of benzene rings is 1. The molecule has 0 aliphatic heterocycles. The van der Waals surface area contributed by atoms with E-state index in [0.717, 1.165) is 5.56 Å². The highest BCUT2D eigenvalue weighted by atomic mass is 16.3. The van der Waals surface area contributed by atoms with Gasteiger partial charge in [-0.2, -0.15) is 0 Å². The van der Waals surface area contributed by atoms with Gasteiger partial charge in [0, 0.05) is 28.7 Å². The van der Waals surface area contributed by atoms with Crippen LogP contribution in [0, 0.1) is 0 Å². The normalized spacial score (nSPS) is 17.4. The maximum Gasteiger partial charge on any atom is 0.0861 e. The van der Waals surface area contributed by atoms with Gasteiger partial charge in [0.2, 0.25) is 0 Å². The van der Waals surface area contributed by atoms with Crippen LogP contribution >= 0.6 is 0 Å². The van der Waals surface area contributed by atoms with Gasteiger partial charge in [-0.15, -0.1) is 0 Å². The van der Waals surface area contributed by atoms with Gasteiger partial charge in [0.1, 0.15) is 0 Å². The Bertz CT molecular complexity index is 544. The Labute approximate surface area is 102 Å². The molecule has 0 amide bonds. The lowest BCUT2D eigenvalue weighted by Crippen LogP contribution is -2.17. The van der Waals surface area contributed by atoms with Gasteiger partial charge in [0.25, 0.3) is 0 Å². The summed E-state index contributed by atoms with van der Waals surface area (Å²) in [5.41, 5.74) is 1.53. The fourth-order valence-corrected chi connectivity index (χ4v) is 2.66. The van der Waals surface area contributed by atoms with Gasteiger partial charge in [-0.05, 0) is 39.2 Å². The van der Waals surface area contributed by atoms with Crippen molar-refractivity contribution in [1.82, 2.24) is 4.57 Å². The van der Waals surface area contributed by atoms with Crippen molar-refractivity contribution in [3.8, 4) is 0 Å². The number of rotatable bonds is 2. The molecule has 0 saturated heterocycles. The molecule has 1 saturated carbocycles. The Morgan fingerprint density at radius 2 is 1.94 bits per heavy atom. The van der Waals surface area contributed by atoms with Crippen LogP contribution in [0.15, 0.2) is 30.5 Å². The fraction of sp³-hybridized carbons (Fsp3) is 0.467. The summed E-state index contributed by atoms with van der Waals surface area (Å²) >= 11 is 0. The Balaban J connectivity index is 2.23. The first-order chi connectivity index (χ1) is 8.07. The number of aromatic nitrogens is 1. The number of nitrogens with zero attached hydrogens (tertiary/aromatic N) is 1. The summed E-state index contributed by atoms with van der Waals surface area (Å²) in [6.45, 7) is 3.72. The monoisotopic (exact) mass is 229 g/mol. The molecule has 2 aromatic rings. The van der Waals surface area contributed by atoms with Crippen molar-refractivity contribution in [2.75, 3.05) is 0 Å². The third-order valence-electron chi connectivity index (χ3n) is 3.87. The van der Waals surface area contributed by atoms with Crippen LogP contribution < -0.4 is 0 Å². The Morgan fingerprint density at radius 1 is 1.24 bits per heavy atom. The molecule has 2 heteroatoms. The molecule has 0 unspecified atom stereocenters. The third-order valence-corrected chi connectivity index (χ3v) is 3.87. The van der Waals surface area contributed by atoms with Gasteiger partial charge in [-0.1, -0.05) is 18.2 Å². The second kappa shape index (κ2) is 3.61. The molecule has 1 aromatic heterocycles. The van der Waals surface area contributed by atoms with E-state index in [9.17, 15) is 5.11 Å². The minimum Gasteiger partial charge on any atom is -0.386 e. The lowest BCUT2D eigenvalue weighted by atomic mass is 9.93. The lowest BCUT2D eigenvalue weighted by Gasteiger charge is -2.28. The van der Waals surface area contributed by atoms with E-state index in [2.05, 4.69) is 29.0 Å². The number of hydrogen-bond donors (Lipinski definition) is 1. The first-order valence-corrected chi connectivity index (χ1v) is 6.40. The van der Waals surface area contributed by atoms with Crippen LogP contribution in [0.4, 0.5) is 0 Å². The van der Waals surface area contributed by atoms with Crippen LogP contribution in [0.3, 0.4) is 0 Å². The van der Waals surface area contributed by atoms with Crippen LogP contribution in [0.2, 0.25) is 0 Å². The molecular weight excluding hydrogens is 210 g/mol. The molecule has 0 bridgehead atoms. The molecule has 1 N–H and O–H groups in total. The van der Waals surface area contributed by atoms with E-state index in [-0.39, 0.29) is 0 Å². The summed E-state index contributed by atoms with van der Waals surface area (Å²) in [7, 11) is 0. The predicted molar refractivity (Wildman–Crippen MR) is 70.1 cm³/mol. The van der Waals surface area contributed by atoms with Gasteiger partial charge < -0.3 is 9.67 Å². The van der Waals surface area contributed by atoms with Gasteiger partial charge in [0.05, 0.1) is 5.60 Å². The molecule has 2 nitrogen and oxygen atoms in total. The summed E-state index contributed by atoms with van der Waals surface area (Å²) < 4.78 is 2.35. The third kappa shape index (κ3) is 1.67. The Kier molecular flexibility index (Phi) is 2.30. The largest absolute Gasteiger partial charge is 0.386 e. The molecule has 0 spiro atoms. The maximum atomic E-state index is 10.3. The van der Waals surface area contributed by atoms with E-state index >= 15 is 0 Å². The van der Waals surface area contributed by atoms with E-state index in [1.54, 1.807) is 0 Å². The average molecular weight is 229 g/mol. The fourth-order valence-electron chi connectivity index (χ4n) is 2.66. The highest BCUT2D eigenvalue weighted by molar-refractivity contribution is 5.85. The van der Waals surface area contributed by atoms with Crippen molar-refractivity contribution in [2.45, 2.75) is 44.8 Å². The Morgan fingerprint density at radius 3 is 2.53 bits per heavy atom. The number of aliphatic hydroxyl groups is 1. The first kappa shape index (κ1) is 10.8. The zero-order chi connectivity index (χ0) is 12.0. The van der Waals surface area contributed by atoms with Gasteiger partial charge in [-0.3, -0.25) is 0 Å². The van der Waals surface area contributed by atoms with E-state index in [1.807, 2.05) is 19.9 Å². The van der Waals surface area contributed by atoms with Crippen LogP contribution in [0.25, 0.3) is 10.9 Å². The SMILES string of the molecule is CC(C)(O)c1cn(C2CCC2)c2ccccc12. The molecule has 0 atom stereocenters. The van der Waals surface area contributed by atoms with E-state index in [1.165, 1.54) is 30.2 Å². The predicted octanol–water partition coefficient (Wildman–Crippen LogP) is 3.59. The highest BCUT2D eigenvalue weighted by Crippen LogP contribution is 2.38. The minimum absolute atomic E-state index is 0.635. The average Bonchev–Trinajstić information content (AvgIpc) is 2.55. The van der Waals surface area contributed by atoms with Crippen LogP contribution in [0.1, 0.15) is 44.7 Å². The van der Waals surface area contributed by atoms with E-state index in [4.69, 9.17) is 0 Å². The molecule has 90 valence electrons. The van der Waals surface area contributed by atoms with Crippen molar-refractivity contribution < 1.29 is 5.11 Å². The number of para-hydroxylation sites is 1. The molecule has 1 aliphatic rings. The standard InChI is InChI=1S/C15H19NO/c1-15(2,17)13-10-16(11-6-5-7-11)14-9-4-3-8-12(13)14/h3-4,8-11,17H,5-7H2,1-2H3. The molecule has 0 radical (unpaired) electrons. The van der Waals surface area contributed by atoms with Crippen LogP contribution in [-0.4, -0.2) is 9.67 Å². The lowest BCUT2D eigenvalue weighted by molar-refractivity contribution is 0.0797. The second-order valence-electron chi connectivity index (χ2n) is 5.61. The molecule has 1 heterocycles. The van der Waals surface area contributed by atoms with Gasteiger partial charge in [-0.25, -0.2) is 0 Å². The zero-order valence-electron chi connectivity index (χ0n) is 10.5. The van der Waals surface area contributed by atoms with Crippen molar-refractivity contribution in [2.24, 2.45) is 0 Å². The molecule has 17 heavy (non-hydrogen) atoms. The number of fused-ring (bicyclic) bond motifs is 1. The smallest absolute Gasteiger partial charge is 0.0861 e. The van der Waals surface area contributed by atoms with Crippen LogP contribution in [0.5, 0.6) is 0 Å². The van der Waals surface area contributed by atoms with E-state index in [0.29, 0.717) is 6.04 Å². The molecular formula is C15H19NO. The second-order valence-corrected chi connectivity index (χ2v) is 5.61. The highest BCUT2D eigenvalue weighted by Gasteiger charge is 2.26. The quantitative estimate of drug-likeness (QED) is 0.836. The molecule has 3 rings (SSSR count). The molecule has 1 aliphatic carbocycles. The van der Waals surface area contributed by atoms with Gasteiger partial charge >= 0.3 is 0 Å². The summed E-state index contributed by atoms with van der Waals surface area (Å²) in [4.78, 5) is 0.